The van der Waals surface area contributed by atoms with E-state index in [1.165, 1.54) is 72.8 Å². The third-order valence-corrected chi connectivity index (χ3v) is 19.1. The van der Waals surface area contributed by atoms with Gasteiger partial charge in [0.15, 0.2) is 0 Å². The number of nitrogens with zero attached hydrogens (tertiary/aromatic N) is 3. The van der Waals surface area contributed by atoms with Crippen molar-refractivity contribution < 1.29 is 149 Å². The van der Waals surface area contributed by atoms with Crippen LogP contribution in [0.1, 0.15) is 113 Å². The Morgan fingerprint density at radius 2 is 1.33 bits per heavy atom. The summed E-state index contributed by atoms with van der Waals surface area (Å²) in [4.78, 5) is 152. The van der Waals surface area contributed by atoms with Crippen LogP contribution in [0.15, 0.2) is 113 Å². The summed E-state index contributed by atoms with van der Waals surface area (Å²) in [6.07, 6.45) is -0.199. The summed E-state index contributed by atoms with van der Waals surface area (Å²) < 4.78 is 59.0. The zero-order chi connectivity index (χ0) is 75.5. The second-order valence-electron chi connectivity index (χ2n) is 25.3. The van der Waals surface area contributed by atoms with Crippen LogP contribution in [0.2, 0.25) is 0 Å². The maximum Gasteiger partial charge on any atom is 1.00 e. The van der Waals surface area contributed by atoms with Crippen LogP contribution in [0.3, 0.4) is 0 Å². The van der Waals surface area contributed by atoms with E-state index >= 15 is 0 Å². The fourth-order valence-electron chi connectivity index (χ4n) is 12.5. The number of aliphatic carboxylic acids is 2. The number of fused-ring (bicyclic) bond motifs is 5. The van der Waals surface area contributed by atoms with Gasteiger partial charge in [0.05, 0.1) is 79.6 Å². The first-order chi connectivity index (χ1) is 50.3. The normalized spacial score (nSPS) is 15.6. The Labute approximate surface area is 661 Å². The van der Waals surface area contributed by atoms with Crippen LogP contribution < -0.4 is 122 Å². The van der Waals surface area contributed by atoms with E-state index < -0.39 is 124 Å². The number of carbonyl (C=O) groups excluding carboxylic acids is 10. The number of cyclic esters (lactones) is 1. The summed E-state index contributed by atoms with van der Waals surface area (Å²) in [6, 6.07) is 19.4. The molecular formula is C72H84N12Na2O20S. The fraction of sp³-hybridized carbons (Fsp3) is 0.417. The second kappa shape index (κ2) is 39.7. The number of nitrogens with one attached hydrogen (secondary N) is 9. The summed E-state index contributed by atoms with van der Waals surface area (Å²) in [5.41, 5.74) is 2.56. The van der Waals surface area contributed by atoms with Crippen molar-refractivity contribution in [2.24, 2.45) is 5.92 Å². The molecule has 560 valence electrons. The van der Waals surface area contributed by atoms with E-state index in [4.69, 9.17) is 28.7 Å². The number of benzene rings is 4. The first-order valence-corrected chi connectivity index (χ1v) is 35.9. The Morgan fingerprint density at radius 1 is 0.692 bits per heavy atom. The number of hydrogen-bond acceptors (Lipinski definition) is 21. The van der Waals surface area contributed by atoms with Crippen molar-refractivity contribution in [3.63, 3.8) is 0 Å². The van der Waals surface area contributed by atoms with Crippen molar-refractivity contribution in [2.75, 3.05) is 79.9 Å². The molecule has 5 atom stereocenters. The van der Waals surface area contributed by atoms with Crippen LogP contribution in [-0.4, -0.2) is 160 Å². The van der Waals surface area contributed by atoms with Crippen molar-refractivity contribution in [3.8, 4) is 11.4 Å². The quantitative estimate of drug-likeness (QED) is 0.0113. The van der Waals surface area contributed by atoms with E-state index in [-0.39, 0.29) is 183 Å². The number of ether oxygens (including phenoxy) is 5. The molecule has 0 aliphatic carbocycles. The van der Waals surface area contributed by atoms with E-state index in [1.807, 2.05) is 38.1 Å². The van der Waals surface area contributed by atoms with Gasteiger partial charge in [-0.2, -0.15) is 0 Å². The molecule has 9 rings (SSSR count). The van der Waals surface area contributed by atoms with Gasteiger partial charge in [-0.05, 0) is 116 Å². The smallest absolute Gasteiger partial charge is 0.550 e. The van der Waals surface area contributed by atoms with Gasteiger partial charge in [0.25, 0.3) is 15.6 Å². The number of urea groups is 3. The number of hydrogen-bond donors (Lipinski definition) is 9. The Balaban J connectivity index is 0.00000798. The molecule has 6 aromatic rings. The standard InChI is InChI=1S/C72H86N12O20S.2Na/c1-6-26-73-69(95)77-46-15-12-17-48(36-46)105(98,99)82-47-16-11-14-43(35-47)55(38-60(86)87)80-71(97)76-45-23-21-44(22-24-45)75-70(96)74-27-30-101-32-34-102-33-31-100-29-25-59(85)78-56(39-61(88)89)66(92)83-28-13-20-57(83)64(90)81-62(42(4)5)67(93)104-72(8-3)53-37-58-63-51(40-84(58)65(91)52(53)41-103-68(72)94)49(7-2)50-18-9-10-19-54(50)79-63;;/h9-12,14-19,21-24,35-37,42,55-57,62,82H,6-8,13,20,25-34,38-41H2,1-5H3,(H,78,85)(H,81,90)(H,86,87)(H,88,89)(H2,73,77,95)(H2,74,75,96)(H2,76,80,97);;/q;2*+1/p-2/t55-,56-,57-,62-,72-;;/m0../s1. The van der Waals surface area contributed by atoms with E-state index in [0.717, 1.165) is 26.9 Å². The number of pyridine rings is 2. The molecule has 0 bridgehead atoms. The maximum absolute atomic E-state index is 14.4. The molecule has 32 nitrogen and oxygen atoms in total. The van der Waals surface area contributed by atoms with E-state index in [2.05, 4.69) is 47.3 Å². The van der Waals surface area contributed by atoms with Crippen molar-refractivity contribution in [3.05, 3.63) is 141 Å². The molecule has 3 aliphatic rings. The summed E-state index contributed by atoms with van der Waals surface area (Å²) in [7, 11) is -4.20. The van der Waals surface area contributed by atoms with Gasteiger partial charge in [0.2, 0.25) is 23.3 Å². The molecule has 0 unspecified atom stereocenters. The molecule has 5 heterocycles. The monoisotopic (exact) mass is 1510 g/mol. The van der Waals surface area contributed by atoms with Gasteiger partial charge in [0.1, 0.15) is 24.7 Å². The number of carboxylic acid groups (broad SMARTS) is 2. The molecular weight excluding hydrogens is 1430 g/mol. The summed E-state index contributed by atoms with van der Waals surface area (Å²) in [6.45, 7) is 9.64. The molecule has 9 N–H and O–H groups in total. The number of rotatable bonds is 35. The van der Waals surface area contributed by atoms with Crippen molar-refractivity contribution in [1.82, 2.24) is 41.0 Å². The molecule has 35 heteroatoms. The Morgan fingerprint density at radius 3 is 1.99 bits per heavy atom. The van der Waals surface area contributed by atoms with Crippen LogP contribution in [0.5, 0.6) is 0 Å². The topological polar surface area (TPSA) is 444 Å². The maximum atomic E-state index is 14.4. The number of likely N-dealkylation sites (tertiary alicyclic amines) is 1. The zero-order valence-electron chi connectivity index (χ0n) is 60.6. The molecule has 0 spiro atoms. The number of para-hydroxylation sites is 1. The minimum atomic E-state index is -4.20. The fourth-order valence-corrected chi connectivity index (χ4v) is 13.6. The van der Waals surface area contributed by atoms with Gasteiger partial charge in [-0.25, -0.2) is 37.4 Å². The van der Waals surface area contributed by atoms with Gasteiger partial charge >= 0.3 is 89.1 Å². The average Bonchev–Trinajstić information content (AvgIpc) is 1.63. The van der Waals surface area contributed by atoms with Crippen LogP contribution >= 0.6 is 0 Å². The molecule has 0 saturated carbocycles. The van der Waals surface area contributed by atoms with Crippen molar-refractivity contribution >= 4 is 103 Å². The second-order valence-corrected chi connectivity index (χ2v) is 27.0. The molecule has 4 aromatic carbocycles. The molecule has 9 amide bonds. The Hall–Kier alpha value is -9.03. The summed E-state index contributed by atoms with van der Waals surface area (Å²) >= 11 is 0. The first-order valence-electron chi connectivity index (χ1n) is 34.4. The number of sulfonamides is 1. The summed E-state index contributed by atoms with van der Waals surface area (Å²) in [5, 5.41) is 45.4. The Bertz CT molecular complexity index is 4430. The molecule has 1 fully saturated rings. The molecule has 2 aromatic heterocycles. The van der Waals surface area contributed by atoms with Crippen molar-refractivity contribution in [2.45, 2.75) is 134 Å². The zero-order valence-corrected chi connectivity index (χ0v) is 65.4. The van der Waals surface area contributed by atoms with E-state index in [0.29, 0.717) is 42.9 Å². The van der Waals surface area contributed by atoms with Crippen LogP contribution in [0.25, 0.3) is 22.3 Å². The molecule has 107 heavy (non-hydrogen) atoms. The largest absolute Gasteiger partial charge is 1.00 e. The van der Waals surface area contributed by atoms with Crippen molar-refractivity contribution in [1.29, 1.82) is 0 Å². The molecule has 3 aliphatic heterocycles. The van der Waals surface area contributed by atoms with Crippen LogP contribution in [0.4, 0.5) is 37.1 Å². The number of aryl methyl sites for hydroxylation is 1. The predicted octanol–water partition coefficient (Wildman–Crippen LogP) is -2.45. The number of anilines is 4. The first kappa shape index (κ1) is 85.2. The van der Waals surface area contributed by atoms with Crippen LogP contribution in [0, 0.1) is 5.92 Å². The molecule has 1 saturated heterocycles. The number of carboxylic acids is 2. The number of aromatic nitrogens is 2. The van der Waals surface area contributed by atoms with Gasteiger partial charge in [-0.3, -0.25) is 23.9 Å². The third kappa shape index (κ3) is 22.1. The minimum absolute atomic E-state index is 0. The molecule has 0 radical (unpaired) electrons. The number of esters is 2. The Kier molecular flexibility index (Phi) is 31.6. The van der Waals surface area contributed by atoms with Gasteiger partial charge in [-0.1, -0.05) is 71.0 Å². The number of amides is 9. The van der Waals surface area contributed by atoms with E-state index in [9.17, 15) is 71.4 Å². The minimum Gasteiger partial charge on any atom is -0.550 e. The van der Waals surface area contributed by atoms with Crippen LogP contribution in [-0.2, 0) is 92.4 Å². The predicted molar refractivity (Wildman–Crippen MR) is 377 cm³/mol. The third-order valence-electron chi connectivity index (χ3n) is 17.7. The van der Waals surface area contributed by atoms with Gasteiger partial charge in [0, 0.05) is 90.1 Å². The van der Waals surface area contributed by atoms with Gasteiger partial charge in [-0.15, -0.1) is 0 Å². The summed E-state index contributed by atoms with van der Waals surface area (Å²) in [5.74, 6) is -8.08. The van der Waals surface area contributed by atoms with E-state index in [1.54, 1.807) is 31.4 Å². The van der Waals surface area contributed by atoms with Gasteiger partial charge < -0.3 is 95.5 Å². The number of carbonyl (C=O) groups is 10. The SMILES string of the molecule is CCCNC(=O)Nc1cccc(S(=O)(=O)Nc2cccc([C@H](CC(=O)[O-])NC(=O)Nc3ccc(NC(=O)NCCOCCOCCOCCC(=O)N[C@@H](CC(=O)[O-])C(=O)N4CCC[C@H]4C(=O)N[C@H](C(=O)O[C@]4(CC)C(=O)OCc5c4cc4n(c5=O)Cc5c-4nc4ccccc4c5CC)C(C)C)cc3)c2)c1.[Na+].[Na+]. The average molecular weight is 1520 g/mol.